The van der Waals surface area contributed by atoms with E-state index in [0.717, 1.165) is 40.5 Å². The molecule has 1 aromatic carbocycles. The maximum Gasteiger partial charge on any atom is 0.226 e. The highest BCUT2D eigenvalue weighted by molar-refractivity contribution is 7.99. The Bertz CT molecular complexity index is 926. The van der Waals surface area contributed by atoms with Crippen LogP contribution in [0.15, 0.2) is 41.0 Å². The summed E-state index contributed by atoms with van der Waals surface area (Å²) in [6.45, 7) is 7.02. The summed E-state index contributed by atoms with van der Waals surface area (Å²) in [7, 11) is 1.64. The Balaban J connectivity index is 1.58. The average Bonchev–Trinajstić information content (AvgIpc) is 3.26. The van der Waals surface area contributed by atoms with Crippen LogP contribution in [0.2, 0.25) is 0 Å². The second kappa shape index (κ2) is 8.48. The van der Waals surface area contributed by atoms with Gasteiger partial charge in [0, 0.05) is 34.8 Å². The number of Topliss-reactive ketones (excluding diaryl/α,β-unsaturated/α-hetero) is 1. The smallest absolute Gasteiger partial charge is 0.226 e. The molecule has 6 heteroatoms. The number of oxazole rings is 1. The Morgan fingerprint density at radius 3 is 2.63 bits per heavy atom. The lowest BCUT2D eigenvalue weighted by Gasteiger charge is -2.05. The molecule has 0 radical (unpaired) electrons. The molecule has 0 aliphatic carbocycles. The van der Waals surface area contributed by atoms with E-state index >= 15 is 0 Å². The van der Waals surface area contributed by atoms with Crippen molar-refractivity contribution >= 4 is 17.5 Å². The first-order chi connectivity index (χ1) is 13.0. The number of methoxy groups -OCH3 is 1. The van der Waals surface area contributed by atoms with Crippen LogP contribution in [-0.4, -0.2) is 28.2 Å². The normalized spacial score (nSPS) is 11.0. The van der Waals surface area contributed by atoms with Crippen LogP contribution in [0.3, 0.4) is 0 Å². The Hall–Kier alpha value is -2.47. The van der Waals surface area contributed by atoms with Crippen LogP contribution in [0.1, 0.15) is 34.4 Å². The maximum atomic E-state index is 12.5. The van der Waals surface area contributed by atoms with Crippen LogP contribution in [0.5, 0.6) is 5.75 Å². The Kier molecular flexibility index (Phi) is 6.06. The highest BCUT2D eigenvalue weighted by Crippen LogP contribution is 2.24. The van der Waals surface area contributed by atoms with E-state index < -0.39 is 0 Å². The van der Waals surface area contributed by atoms with Gasteiger partial charge < -0.3 is 13.7 Å². The van der Waals surface area contributed by atoms with Gasteiger partial charge in [0.2, 0.25) is 5.89 Å². The summed E-state index contributed by atoms with van der Waals surface area (Å²) < 4.78 is 12.9. The molecular weight excluding hydrogens is 360 g/mol. The number of hydrogen-bond acceptors (Lipinski definition) is 5. The molecule has 0 aliphatic rings. The van der Waals surface area contributed by atoms with Crippen molar-refractivity contribution in [2.45, 2.75) is 33.1 Å². The van der Waals surface area contributed by atoms with E-state index in [1.165, 1.54) is 0 Å². The average molecular weight is 385 g/mol. The predicted molar refractivity (Wildman–Crippen MR) is 109 cm³/mol. The van der Waals surface area contributed by atoms with Crippen molar-refractivity contribution in [1.29, 1.82) is 0 Å². The number of aromatic nitrogens is 2. The zero-order chi connectivity index (χ0) is 19.4. The SMILES string of the molecule is CCn1c(C)cc(C(=O)CSCc2coc(-c3ccc(OC)cc3)n2)c1C. The largest absolute Gasteiger partial charge is 0.497 e. The molecule has 142 valence electrons. The van der Waals surface area contributed by atoms with Gasteiger partial charge in [-0.2, -0.15) is 0 Å². The van der Waals surface area contributed by atoms with Crippen LogP contribution < -0.4 is 4.74 Å². The van der Waals surface area contributed by atoms with Crippen molar-refractivity contribution in [1.82, 2.24) is 9.55 Å². The van der Waals surface area contributed by atoms with E-state index in [1.807, 2.05) is 44.2 Å². The fraction of sp³-hybridized carbons (Fsp3) is 0.333. The van der Waals surface area contributed by atoms with Gasteiger partial charge in [-0.1, -0.05) is 0 Å². The molecule has 0 saturated carbocycles. The van der Waals surface area contributed by atoms with Gasteiger partial charge in [-0.25, -0.2) is 4.98 Å². The highest BCUT2D eigenvalue weighted by Gasteiger charge is 2.15. The quantitative estimate of drug-likeness (QED) is 0.517. The molecule has 2 heterocycles. The van der Waals surface area contributed by atoms with Crippen LogP contribution in [0.4, 0.5) is 0 Å². The molecular formula is C21H24N2O3S. The highest BCUT2D eigenvalue weighted by atomic mass is 32.2. The lowest BCUT2D eigenvalue weighted by atomic mass is 10.2. The number of carbonyl (C=O) groups excluding carboxylic acids is 1. The molecule has 0 atom stereocenters. The molecule has 0 fully saturated rings. The first-order valence-corrected chi connectivity index (χ1v) is 10.1. The molecule has 5 nitrogen and oxygen atoms in total. The number of hydrogen-bond donors (Lipinski definition) is 0. The van der Waals surface area contributed by atoms with E-state index in [2.05, 4.69) is 16.5 Å². The number of ether oxygens (including phenoxy) is 1. The summed E-state index contributed by atoms with van der Waals surface area (Å²) in [5.74, 6) is 2.59. The summed E-state index contributed by atoms with van der Waals surface area (Å²) in [6.07, 6.45) is 1.65. The molecule has 0 bridgehead atoms. The molecule has 27 heavy (non-hydrogen) atoms. The molecule has 0 unspecified atom stereocenters. The molecule has 0 saturated heterocycles. The van der Waals surface area contributed by atoms with Gasteiger partial charge >= 0.3 is 0 Å². The van der Waals surface area contributed by atoms with Gasteiger partial charge in [-0.3, -0.25) is 4.79 Å². The minimum absolute atomic E-state index is 0.159. The minimum Gasteiger partial charge on any atom is -0.497 e. The Morgan fingerprint density at radius 2 is 2.00 bits per heavy atom. The van der Waals surface area contributed by atoms with Crippen molar-refractivity contribution in [2.24, 2.45) is 0 Å². The summed E-state index contributed by atoms with van der Waals surface area (Å²) >= 11 is 1.55. The lowest BCUT2D eigenvalue weighted by molar-refractivity contribution is 0.102. The number of rotatable bonds is 8. The minimum atomic E-state index is 0.159. The summed E-state index contributed by atoms with van der Waals surface area (Å²) in [5.41, 5.74) is 4.72. The zero-order valence-corrected chi connectivity index (χ0v) is 16.9. The van der Waals surface area contributed by atoms with E-state index in [-0.39, 0.29) is 5.78 Å². The molecule has 0 amide bonds. The van der Waals surface area contributed by atoms with E-state index in [4.69, 9.17) is 9.15 Å². The number of nitrogens with zero attached hydrogens (tertiary/aromatic N) is 2. The van der Waals surface area contributed by atoms with Crippen LogP contribution in [0.25, 0.3) is 11.5 Å². The lowest BCUT2D eigenvalue weighted by Crippen LogP contribution is -2.06. The summed E-state index contributed by atoms with van der Waals surface area (Å²) in [5, 5.41) is 0. The van der Waals surface area contributed by atoms with Gasteiger partial charge in [0.05, 0.1) is 18.6 Å². The van der Waals surface area contributed by atoms with Crippen LogP contribution in [0, 0.1) is 13.8 Å². The van der Waals surface area contributed by atoms with Gasteiger partial charge in [0.1, 0.15) is 12.0 Å². The molecule has 0 N–H and O–H groups in total. The van der Waals surface area contributed by atoms with Gasteiger partial charge in [0.25, 0.3) is 0 Å². The van der Waals surface area contributed by atoms with Crippen molar-refractivity contribution in [2.75, 3.05) is 12.9 Å². The molecule has 3 rings (SSSR count). The summed E-state index contributed by atoms with van der Waals surface area (Å²) in [6, 6.07) is 9.56. The fourth-order valence-corrected chi connectivity index (χ4v) is 3.92. The number of ketones is 1. The molecule has 3 aromatic rings. The Labute approximate surface area is 163 Å². The number of carbonyl (C=O) groups is 1. The second-order valence-electron chi connectivity index (χ2n) is 6.32. The molecule has 2 aromatic heterocycles. The van der Waals surface area contributed by atoms with E-state index in [9.17, 15) is 4.79 Å². The number of benzene rings is 1. The maximum absolute atomic E-state index is 12.5. The fourth-order valence-electron chi connectivity index (χ4n) is 3.14. The predicted octanol–water partition coefficient (Wildman–Crippen LogP) is 4.90. The van der Waals surface area contributed by atoms with E-state index in [1.54, 1.807) is 25.1 Å². The number of aryl methyl sites for hydroxylation is 1. The molecule has 0 spiro atoms. The standard InChI is InChI=1S/C21H24N2O3S/c1-5-23-14(2)10-19(15(23)3)20(24)13-27-12-17-11-26-21(22-17)16-6-8-18(25-4)9-7-16/h6-11H,5,12-13H2,1-4H3. The van der Waals surface area contributed by atoms with Crippen molar-refractivity contribution in [3.05, 3.63) is 59.2 Å². The van der Waals surface area contributed by atoms with Gasteiger partial charge in [0.15, 0.2) is 5.78 Å². The van der Waals surface area contributed by atoms with E-state index in [0.29, 0.717) is 17.4 Å². The van der Waals surface area contributed by atoms with Crippen molar-refractivity contribution < 1.29 is 13.9 Å². The van der Waals surface area contributed by atoms with Crippen molar-refractivity contribution in [3.8, 4) is 17.2 Å². The second-order valence-corrected chi connectivity index (χ2v) is 7.30. The summed E-state index contributed by atoms with van der Waals surface area (Å²) in [4.78, 5) is 17.0. The topological polar surface area (TPSA) is 57.3 Å². The van der Waals surface area contributed by atoms with Crippen LogP contribution >= 0.6 is 11.8 Å². The number of thioether (sulfide) groups is 1. The monoisotopic (exact) mass is 384 g/mol. The van der Waals surface area contributed by atoms with Crippen molar-refractivity contribution in [3.63, 3.8) is 0 Å². The van der Waals surface area contributed by atoms with Crippen LogP contribution in [-0.2, 0) is 12.3 Å². The first-order valence-electron chi connectivity index (χ1n) is 8.90. The van der Waals surface area contributed by atoms with Gasteiger partial charge in [-0.15, -0.1) is 11.8 Å². The zero-order valence-electron chi connectivity index (χ0n) is 16.1. The third-order valence-electron chi connectivity index (χ3n) is 4.56. The Morgan fingerprint density at radius 1 is 1.26 bits per heavy atom. The first kappa shape index (κ1) is 19.3. The third kappa shape index (κ3) is 4.27. The molecule has 0 aliphatic heterocycles. The third-order valence-corrected chi connectivity index (χ3v) is 5.53. The van der Waals surface area contributed by atoms with Gasteiger partial charge in [-0.05, 0) is 51.1 Å².